The van der Waals surface area contributed by atoms with E-state index in [2.05, 4.69) is 47.1 Å². The molecule has 0 aliphatic carbocycles. The molecule has 4 heterocycles. The van der Waals surface area contributed by atoms with Crippen molar-refractivity contribution in [1.29, 1.82) is 0 Å². The number of piperazine rings is 1. The van der Waals surface area contributed by atoms with E-state index in [0.717, 1.165) is 48.5 Å². The minimum absolute atomic E-state index is 0.272. The zero-order chi connectivity index (χ0) is 26.9. The first-order valence-corrected chi connectivity index (χ1v) is 12.3. The molecule has 1 aromatic carbocycles. The largest absolute Gasteiger partial charge is 0.416 e. The van der Waals surface area contributed by atoms with Gasteiger partial charge in [-0.25, -0.2) is 4.98 Å². The van der Waals surface area contributed by atoms with Crippen LogP contribution in [0.3, 0.4) is 0 Å². The minimum Gasteiger partial charge on any atom is -0.354 e. The molecule has 0 spiro atoms. The van der Waals surface area contributed by atoms with Gasteiger partial charge in [-0.05, 0) is 50.7 Å². The number of halogens is 3. The number of H-pyrrole nitrogens is 1. The van der Waals surface area contributed by atoms with Gasteiger partial charge in [0, 0.05) is 66.8 Å². The molecule has 1 aliphatic rings. The Morgan fingerprint density at radius 2 is 1.76 bits per heavy atom. The Balaban J connectivity index is 1.37. The van der Waals surface area contributed by atoms with Crippen LogP contribution in [0.4, 0.5) is 24.5 Å². The lowest BCUT2D eigenvalue weighted by Crippen LogP contribution is -2.44. The highest BCUT2D eigenvalue weighted by atomic mass is 19.4. The normalized spacial score (nSPS) is 14.9. The summed E-state index contributed by atoms with van der Waals surface area (Å²) < 4.78 is 41.9. The molecule has 0 radical (unpaired) electrons. The van der Waals surface area contributed by atoms with Crippen LogP contribution >= 0.6 is 0 Å². The van der Waals surface area contributed by atoms with Crippen LogP contribution in [0, 0.1) is 25.7 Å². The summed E-state index contributed by atoms with van der Waals surface area (Å²) in [5, 5.41) is 11.0. The Hall–Kier alpha value is -3.94. The zero-order valence-corrected chi connectivity index (χ0v) is 21.4. The van der Waals surface area contributed by atoms with Crippen molar-refractivity contribution in [3.63, 3.8) is 0 Å². The number of pyridine rings is 2. The molecule has 4 aromatic rings. The van der Waals surface area contributed by atoms with E-state index >= 15 is 0 Å². The second-order valence-corrected chi connectivity index (χ2v) is 9.62. The lowest BCUT2D eigenvalue weighted by Gasteiger charge is -2.33. The summed E-state index contributed by atoms with van der Waals surface area (Å²) in [4.78, 5) is 12.9. The van der Waals surface area contributed by atoms with Crippen molar-refractivity contribution in [2.45, 2.75) is 26.6 Å². The molecule has 1 fully saturated rings. The van der Waals surface area contributed by atoms with E-state index in [0.29, 0.717) is 22.6 Å². The van der Waals surface area contributed by atoms with Crippen molar-refractivity contribution >= 4 is 22.4 Å². The summed E-state index contributed by atoms with van der Waals surface area (Å²) >= 11 is 0. The molecule has 5 rings (SSSR count). The Morgan fingerprint density at radius 3 is 2.53 bits per heavy atom. The van der Waals surface area contributed by atoms with Crippen LogP contribution in [0.5, 0.6) is 0 Å². The molecule has 0 atom stereocenters. The van der Waals surface area contributed by atoms with Gasteiger partial charge < -0.3 is 10.2 Å². The van der Waals surface area contributed by atoms with Crippen molar-refractivity contribution in [2.75, 3.05) is 38.5 Å². The smallest absolute Gasteiger partial charge is 0.354 e. The second-order valence-electron chi connectivity index (χ2n) is 9.62. The number of nitrogens with one attached hydrogen (secondary N) is 2. The maximum Gasteiger partial charge on any atom is 0.416 e. The minimum atomic E-state index is -4.45. The highest BCUT2D eigenvalue weighted by Crippen LogP contribution is 2.35. The standard InChI is InChI=1S/C28H28F3N7/c1-18-21(5-4-20-12-25-19(2)35-36-27(25)33-15-20)13-24(16-32-18)34-23-7-6-22(26(14-23)28(29,30)31)17-38-10-8-37(3)9-11-38/h6-7,12-16,34H,8-11,17H2,1-3H3,(H,33,35,36). The van der Waals surface area contributed by atoms with Crippen LogP contribution < -0.4 is 5.32 Å². The summed E-state index contributed by atoms with van der Waals surface area (Å²) in [6, 6.07) is 8.12. The lowest BCUT2D eigenvalue weighted by molar-refractivity contribution is -0.138. The molecule has 196 valence electrons. The molecule has 7 nitrogen and oxygen atoms in total. The molecule has 0 unspecified atom stereocenters. The molecular formula is C28H28F3N7. The van der Waals surface area contributed by atoms with E-state index in [9.17, 15) is 13.2 Å². The van der Waals surface area contributed by atoms with Gasteiger partial charge >= 0.3 is 6.18 Å². The molecule has 1 aliphatic heterocycles. The van der Waals surface area contributed by atoms with Crippen molar-refractivity contribution < 1.29 is 13.2 Å². The number of benzene rings is 1. The van der Waals surface area contributed by atoms with Crippen LogP contribution in [0.15, 0.2) is 42.7 Å². The third-order valence-electron chi connectivity index (χ3n) is 6.72. The van der Waals surface area contributed by atoms with Gasteiger partial charge in [-0.1, -0.05) is 17.9 Å². The Labute approximate surface area is 219 Å². The van der Waals surface area contributed by atoms with Crippen LogP contribution in [0.2, 0.25) is 0 Å². The van der Waals surface area contributed by atoms with Crippen molar-refractivity contribution in [2.24, 2.45) is 0 Å². The molecule has 0 amide bonds. The summed E-state index contributed by atoms with van der Waals surface area (Å²) in [6.07, 6.45) is -1.21. The average Bonchev–Trinajstić information content (AvgIpc) is 3.26. The first kappa shape index (κ1) is 25.7. The number of rotatable bonds is 4. The van der Waals surface area contributed by atoms with Gasteiger partial charge in [0.1, 0.15) is 0 Å². The fraction of sp³-hybridized carbons (Fsp3) is 0.321. The molecule has 0 bridgehead atoms. The quantitative estimate of drug-likeness (QED) is 0.375. The second kappa shape index (κ2) is 10.4. The molecule has 1 saturated heterocycles. The topological polar surface area (TPSA) is 73.0 Å². The van der Waals surface area contributed by atoms with Crippen LogP contribution in [0.25, 0.3) is 11.0 Å². The number of aromatic nitrogens is 4. The van der Waals surface area contributed by atoms with Gasteiger partial charge in [0.05, 0.1) is 23.1 Å². The maximum atomic E-state index is 14.0. The van der Waals surface area contributed by atoms with Gasteiger partial charge in [-0.2, -0.15) is 18.3 Å². The monoisotopic (exact) mass is 519 g/mol. The fourth-order valence-electron chi connectivity index (χ4n) is 4.43. The van der Waals surface area contributed by atoms with E-state index in [1.807, 2.05) is 27.0 Å². The zero-order valence-electron chi connectivity index (χ0n) is 21.4. The number of aryl methyl sites for hydroxylation is 2. The van der Waals surface area contributed by atoms with Gasteiger partial charge in [0.2, 0.25) is 0 Å². The number of hydrogen-bond acceptors (Lipinski definition) is 6. The first-order chi connectivity index (χ1) is 18.2. The van der Waals surface area contributed by atoms with Gasteiger partial charge in [-0.3, -0.25) is 15.0 Å². The maximum absolute atomic E-state index is 14.0. The Kier molecular flexibility index (Phi) is 7.06. The highest BCUT2D eigenvalue weighted by molar-refractivity contribution is 5.78. The van der Waals surface area contributed by atoms with Gasteiger partial charge in [0.15, 0.2) is 5.65 Å². The molecular weight excluding hydrogens is 491 g/mol. The number of aromatic amines is 1. The first-order valence-electron chi connectivity index (χ1n) is 12.3. The number of nitrogens with zero attached hydrogens (tertiary/aromatic N) is 5. The molecule has 38 heavy (non-hydrogen) atoms. The number of fused-ring (bicyclic) bond motifs is 1. The van der Waals surface area contributed by atoms with Gasteiger partial charge in [-0.15, -0.1) is 0 Å². The van der Waals surface area contributed by atoms with E-state index < -0.39 is 11.7 Å². The molecule has 3 aromatic heterocycles. The van der Waals surface area contributed by atoms with Gasteiger partial charge in [0.25, 0.3) is 0 Å². The van der Waals surface area contributed by atoms with Crippen molar-refractivity contribution in [3.8, 4) is 11.8 Å². The van der Waals surface area contributed by atoms with E-state index in [-0.39, 0.29) is 12.1 Å². The molecule has 10 heteroatoms. The SMILES string of the molecule is Cc1ncc(Nc2ccc(CN3CCN(C)CC3)c(C(F)(F)F)c2)cc1C#Cc1cnc2n[nH]c(C)c2c1. The summed E-state index contributed by atoms with van der Waals surface area (Å²) in [7, 11) is 2.02. The molecule has 2 N–H and O–H groups in total. The predicted molar refractivity (Wildman–Crippen MR) is 141 cm³/mol. The summed E-state index contributed by atoms with van der Waals surface area (Å²) in [5.74, 6) is 6.21. The van der Waals surface area contributed by atoms with Crippen LogP contribution in [0.1, 0.15) is 33.6 Å². The number of hydrogen-bond donors (Lipinski definition) is 2. The van der Waals surface area contributed by atoms with Crippen molar-refractivity contribution in [1.82, 2.24) is 30.0 Å². The Morgan fingerprint density at radius 1 is 0.974 bits per heavy atom. The van der Waals surface area contributed by atoms with E-state index in [4.69, 9.17) is 0 Å². The van der Waals surface area contributed by atoms with Crippen LogP contribution in [-0.4, -0.2) is 63.2 Å². The number of alkyl halides is 3. The van der Waals surface area contributed by atoms with Crippen molar-refractivity contribution in [3.05, 3.63) is 76.4 Å². The number of anilines is 2. The Bertz CT molecular complexity index is 1520. The summed E-state index contributed by atoms with van der Waals surface area (Å²) in [6.45, 7) is 7.22. The average molecular weight is 520 g/mol. The summed E-state index contributed by atoms with van der Waals surface area (Å²) in [5.41, 5.74) is 4.20. The molecule has 0 saturated carbocycles. The lowest BCUT2D eigenvalue weighted by atomic mass is 10.0. The number of likely N-dealkylation sites (N-methyl/N-ethyl adjacent to an activating group) is 1. The van der Waals surface area contributed by atoms with E-state index in [1.54, 1.807) is 30.6 Å². The highest BCUT2D eigenvalue weighted by Gasteiger charge is 2.34. The predicted octanol–water partition coefficient (Wildman–Crippen LogP) is 4.88. The van der Waals surface area contributed by atoms with E-state index in [1.165, 1.54) is 6.07 Å². The third kappa shape index (κ3) is 5.79. The fourth-order valence-corrected chi connectivity index (χ4v) is 4.43. The third-order valence-corrected chi connectivity index (χ3v) is 6.72. The van der Waals surface area contributed by atoms with Crippen LogP contribution in [-0.2, 0) is 12.7 Å².